The van der Waals surface area contributed by atoms with E-state index in [9.17, 15) is 17.6 Å². The Morgan fingerprint density at radius 3 is 2.43 bits per heavy atom. The molecule has 1 N–H and O–H groups in total. The van der Waals surface area contributed by atoms with Gasteiger partial charge in [-0.2, -0.15) is 13.2 Å². The van der Waals surface area contributed by atoms with Crippen LogP contribution in [-0.4, -0.2) is 25.8 Å². The number of hydrogen-bond acceptors (Lipinski definition) is 2. The van der Waals surface area contributed by atoms with Crippen molar-refractivity contribution in [3.05, 3.63) is 29.6 Å². The van der Waals surface area contributed by atoms with Crippen LogP contribution in [0.25, 0.3) is 0 Å². The van der Waals surface area contributed by atoms with Crippen molar-refractivity contribution in [2.75, 3.05) is 24.5 Å². The fourth-order valence-electron chi connectivity index (χ4n) is 2.65. The first kappa shape index (κ1) is 16.1. The average molecular weight is 304 g/mol. The van der Waals surface area contributed by atoms with E-state index in [1.54, 1.807) is 0 Å². The Morgan fingerprint density at radius 2 is 1.86 bits per heavy atom. The molecular weight excluding hydrogens is 284 g/mol. The maximum absolute atomic E-state index is 13.6. The van der Waals surface area contributed by atoms with Crippen molar-refractivity contribution >= 4 is 5.69 Å². The fourth-order valence-corrected chi connectivity index (χ4v) is 2.65. The van der Waals surface area contributed by atoms with Crippen LogP contribution in [0.1, 0.15) is 25.3 Å². The SMILES string of the molecule is CCNCc1cc(F)cc(N2CCC(C(F)(F)F)CC2)c1. The number of alkyl halides is 3. The summed E-state index contributed by atoms with van der Waals surface area (Å²) in [6.45, 7) is 3.92. The zero-order chi connectivity index (χ0) is 15.5. The molecule has 1 heterocycles. The van der Waals surface area contributed by atoms with Crippen LogP contribution >= 0.6 is 0 Å². The Morgan fingerprint density at radius 1 is 1.19 bits per heavy atom. The summed E-state index contributed by atoms with van der Waals surface area (Å²) in [5, 5.41) is 3.11. The van der Waals surface area contributed by atoms with Gasteiger partial charge in [0, 0.05) is 25.3 Å². The number of nitrogens with one attached hydrogen (secondary N) is 1. The summed E-state index contributed by atoms with van der Waals surface area (Å²) in [4.78, 5) is 1.83. The molecule has 0 unspecified atom stereocenters. The first-order valence-electron chi connectivity index (χ1n) is 7.22. The van der Waals surface area contributed by atoms with Crippen molar-refractivity contribution in [1.29, 1.82) is 0 Å². The van der Waals surface area contributed by atoms with Crippen LogP contribution in [0.2, 0.25) is 0 Å². The number of nitrogens with zero attached hydrogens (tertiary/aromatic N) is 1. The van der Waals surface area contributed by atoms with Crippen LogP contribution in [-0.2, 0) is 6.54 Å². The highest BCUT2D eigenvalue weighted by molar-refractivity contribution is 5.49. The number of rotatable bonds is 4. The second-order valence-corrected chi connectivity index (χ2v) is 5.40. The fraction of sp³-hybridized carbons (Fsp3) is 0.600. The summed E-state index contributed by atoms with van der Waals surface area (Å²) in [5.74, 6) is -1.58. The molecule has 0 amide bonds. The van der Waals surface area contributed by atoms with Crippen molar-refractivity contribution in [3.63, 3.8) is 0 Å². The van der Waals surface area contributed by atoms with Crippen LogP contribution in [0.3, 0.4) is 0 Å². The van der Waals surface area contributed by atoms with E-state index in [1.165, 1.54) is 12.1 Å². The summed E-state index contributed by atoms with van der Waals surface area (Å²) in [7, 11) is 0. The van der Waals surface area contributed by atoms with Gasteiger partial charge in [0.25, 0.3) is 0 Å². The van der Waals surface area contributed by atoms with Crippen LogP contribution in [0, 0.1) is 11.7 Å². The highest BCUT2D eigenvalue weighted by atomic mass is 19.4. The van der Waals surface area contributed by atoms with Gasteiger partial charge in [-0.05, 0) is 43.1 Å². The van der Waals surface area contributed by atoms with Gasteiger partial charge in [0.15, 0.2) is 0 Å². The van der Waals surface area contributed by atoms with Crippen molar-refractivity contribution in [3.8, 4) is 0 Å². The zero-order valence-corrected chi connectivity index (χ0v) is 12.0. The Hall–Kier alpha value is -1.30. The van der Waals surface area contributed by atoms with Gasteiger partial charge in [-0.25, -0.2) is 4.39 Å². The molecule has 0 atom stereocenters. The predicted molar refractivity (Wildman–Crippen MR) is 74.8 cm³/mol. The molecule has 0 radical (unpaired) electrons. The Kier molecular flexibility index (Phi) is 5.08. The number of halogens is 4. The minimum Gasteiger partial charge on any atom is -0.371 e. The van der Waals surface area contributed by atoms with E-state index in [2.05, 4.69) is 5.32 Å². The first-order valence-corrected chi connectivity index (χ1v) is 7.22. The minimum atomic E-state index is -4.12. The third kappa shape index (κ3) is 4.33. The molecule has 0 spiro atoms. The monoisotopic (exact) mass is 304 g/mol. The lowest BCUT2D eigenvalue weighted by Crippen LogP contribution is -2.39. The van der Waals surface area contributed by atoms with E-state index in [1.807, 2.05) is 17.9 Å². The van der Waals surface area contributed by atoms with Crippen molar-refractivity contribution in [1.82, 2.24) is 5.32 Å². The number of piperidine rings is 1. The molecular formula is C15H20F4N2. The summed E-state index contributed by atoms with van der Waals surface area (Å²) in [6, 6.07) is 4.69. The summed E-state index contributed by atoms with van der Waals surface area (Å²) < 4.78 is 51.6. The number of hydrogen-bond donors (Lipinski definition) is 1. The predicted octanol–water partition coefficient (Wildman–Crippen LogP) is 3.71. The van der Waals surface area contributed by atoms with Crippen LogP contribution in [0.15, 0.2) is 18.2 Å². The highest BCUT2D eigenvalue weighted by Crippen LogP contribution is 2.35. The molecule has 0 bridgehead atoms. The van der Waals surface area contributed by atoms with Gasteiger partial charge < -0.3 is 10.2 Å². The molecule has 1 saturated heterocycles. The summed E-state index contributed by atoms with van der Waals surface area (Å²) >= 11 is 0. The first-order chi connectivity index (χ1) is 9.90. The molecule has 1 fully saturated rings. The van der Waals surface area contributed by atoms with E-state index < -0.39 is 12.1 Å². The van der Waals surface area contributed by atoms with E-state index in [0.717, 1.165) is 12.1 Å². The van der Waals surface area contributed by atoms with E-state index in [0.29, 0.717) is 25.3 Å². The highest BCUT2D eigenvalue weighted by Gasteiger charge is 2.41. The molecule has 2 nitrogen and oxygen atoms in total. The molecule has 1 aromatic carbocycles. The molecule has 0 aliphatic carbocycles. The molecule has 1 aromatic rings. The van der Waals surface area contributed by atoms with Crippen molar-refractivity contribution in [2.45, 2.75) is 32.5 Å². The standard InChI is InChI=1S/C15H20F4N2/c1-2-20-10-11-7-13(16)9-14(8-11)21-5-3-12(4-6-21)15(17,18)19/h7-9,12,20H,2-6,10H2,1H3. The molecule has 0 saturated carbocycles. The number of anilines is 1. The second-order valence-electron chi connectivity index (χ2n) is 5.40. The third-order valence-electron chi connectivity index (χ3n) is 3.84. The van der Waals surface area contributed by atoms with Gasteiger partial charge in [-0.1, -0.05) is 6.92 Å². The van der Waals surface area contributed by atoms with Gasteiger partial charge in [-0.15, -0.1) is 0 Å². The largest absolute Gasteiger partial charge is 0.391 e. The Bertz CT molecular complexity index is 465. The van der Waals surface area contributed by atoms with Crippen LogP contribution < -0.4 is 10.2 Å². The summed E-state index contributed by atoms with van der Waals surface area (Å²) in [5.41, 5.74) is 1.48. The van der Waals surface area contributed by atoms with E-state index >= 15 is 0 Å². The van der Waals surface area contributed by atoms with Gasteiger partial charge in [-0.3, -0.25) is 0 Å². The normalized spacial score (nSPS) is 17.3. The zero-order valence-electron chi connectivity index (χ0n) is 12.0. The molecule has 1 aliphatic rings. The van der Waals surface area contributed by atoms with E-state index in [4.69, 9.17) is 0 Å². The van der Waals surface area contributed by atoms with Crippen molar-refractivity contribution < 1.29 is 17.6 Å². The molecule has 21 heavy (non-hydrogen) atoms. The topological polar surface area (TPSA) is 15.3 Å². The quantitative estimate of drug-likeness (QED) is 0.853. The molecule has 0 aromatic heterocycles. The summed E-state index contributed by atoms with van der Waals surface area (Å²) in [6.07, 6.45) is -3.98. The Balaban J connectivity index is 2.04. The average Bonchev–Trinajstić information content (AvgIpc) is 2.44. The van der Waals surface area contributed by atoms with Gasteiger partial charge in [0.05, 0.1) is 5.92 Å². The number of benzene rings is 1. The lowest BCUT2D eigenvalue weighted by Gasteiger charge is -2.34. The smallest absolute Gasteiger partial charge is 0.371 e. The van der Waals surface area contributed by atoms with Crippen LogP contribution in [0.5, 0.6) is 0 Å². The lowest BCUT2D eigenvalue weighted by atomic mass is 9.96. The molecule has 2 rings (SSSR count). The minimum absolute atomic E-state index is 0.0720. The molecule has 6 heteroatoms. The van der Waals surface area contributed by atoms with Gasteiger partial charge >= 0.3 is 6.18 Å². The van der Waals surface area contributed by atoms with Gasteiger partial charge in [0.2, 0.25) is 0 Å². The lowest BCUT2D eigenvalue weighted by molar-refractivity contribution is -0.179. The molecule has 1 aliphatic heterocycles. The van der Waals surface area contributed by atoms with Crippen molar-refractivity contribution in [2.24, 2.45) is 5.92 Å². The van der Waals surface area contributed by atoms with Gasteiger partial charge in [0.1, 0.15) is 5.82 Å². The maximum Gasteiger partial charge on any atom is 0.391 e. The van der Waals surface area contributed by atoms with Crippen LogP contribution in [0.4, 0.5) is 23.2 Å². The van der Waals surface area contributed by atoms with E-state index in [-0.39, 0.29) is 18.7 Å². The Labute approximate surface area is 122 Å². The third-order valence-corrected chi connectivity index (χ3v) is 3.84. The maximum atomic E-state index is 13.6. The molecule has 118 valence electrons. The second kappa shape index (κ2) is 6.64.